The van der Waals surface area contributed by atoms with Gasteiger partial charge in [0.15, 0.2) is 0 Å². The number of nitrogens with zero attached hydrogens (tertiary/aromatic N) is 2. The maximum atomic E-state index is 13.6. The molecule has 270 valence electrons. The van der Waals surface area contributed by atoms with Gasteiger partial charge in [0.05, 0.1) is 23.8 Å². The molecule has 1 spiro atoms. The summed E-state index contributed by atoms with van der Waals surface area (Å²) in [5.41, 5.74) is 1.26. The van der Waals surface area contributed by atoms with Gasteiger partial charge in [0.25, 0.3) is 15.9 Å². The molecule has 1 saturated heterocycles. The van der Waals surface area contributed by atoms with Crippen molar-refractivity contribution in [3.05, 3.63) is 64.7 Å². The van der Waals surface area contributed by atoms with E-state index in [-0.39, 0.29) is 34.8 Å². The minimum absolute atomic E-state index is 0.0281. The summed E-state index contributed by atoms with van der Waals surface area (Å²) in [6.07, 6.45) is 8.13. The number of alkyl carbamates (subject to hydrolysis) is 1. The minimum atomic E-state index is -4.24. The number of carbonyl (C=O) groups excluding carboxylic acids is 2. The van der Waals surface area contributed by atoms with Gasteiger partial charge in [-0.3, -0.25) is 4.79 Å². The summed E-state index contributed by atoms with van der Waals surface area (Å²) in [6, 6.07) is 10.9. The fourth-order valence-corrected chi connectivity index (χ4v) is 9.58. The number of rotatable bonds is 2. The third kappa shape index (κ3) is 7.09. The van der Waals surface area contributed by atoms with E-state index in [1.807, 2.05) is 25.3 Å². The molecule has 0 unspecified atom stereocenters. The molecule has 2 aliphatic carbocycles. The maximum Gasteiger partial charge on any atom is 0.407 e. The van der Waals surface area contributed by atoms with Gasteiger partial charge in [-0.05, 0) is 119 Å². The number of nitrogens with one attached hydrogen (secondary N) is 2. The number of fused-ring (bicyclic) bond motifs is 4. The van der Waals surface area contributed by atoms with Gasteiger partial charge >= 0.3 is 6.09 Å². The first-order valence-corrected chi connectivity index (χ1v) is 19.5. The number of anilines is 1. The fourth-order valence-electron chi connectivity index (χ4n) is 8.26. The average molecular weight is 727 g/mol. The van der Waals surface area contributed by atoms with E-state index in [1.165, 1.54) is 31.0 Å². The number of benzene rings is 2. The van der Waals surface area contributed by atoms with Gasteiger partial charge in [0, 0.05) is 42.0 Å². The molecule has 7 rings (SSSR count). The average Bonchev–Trinajstić information content (AvgIpc) is 3.39. The molecule has 11 nitrogen and oxygen atoms in total. The maximum absolute atomic E-state index is 13.6. The zero-order valence-electron chi connectivity index (χ0n) is 29.0. The third-order valence-corrected chi connectivity index (χ3v) is 12.8. The van der Waals surface area contributed by atoms with Crippen LogP contribution in [0, 0.1) is 11.8 Å². The Bertz CT molecular complexity index is 1780. The van der Waals surface area contributed by atoms with Crippen molar-refractivity contribution in [3.63, 3.8) is 0 Å². The summed E-state index contributed by atoms with van der Waals surface area (Å²) >= 11 is 6.44. The summed E-state index contributed by atoms with van der Waals surface area (Å²) in [7, 11) is -2.20. The Morgan fingerprint density at radius 2 is 1.96 bits per heavy atom. The van der Waals surface area contributed by atoms with Crippen LogP contribution in [0.3, 0.4) is 0 Å². The Morgan fingerprint density at radius 3 is 2.72 bits per heavy atom. The SMILES string of the molecule is CN1CC[C@@H](NC(=O)O[C@H]2/C=C\COC(C)(C)C(=O)NS(=O)(=O)c3ccc4c(c3)N(C[C@@H]3CC[C@H]32)C[C@@]2(CCCc3cc(Cl)ccc32)CO4)C1. The van der Waals surface area contributed by atoms with Crippen molar-refractivity contribution in [1.82, 2.24) is 14.9 Å². The number of sulfonamides is 1. The lowest BCUT2D eigenvalue weighted by Gasteiger charge is -2.46. The number of halogens is 1. The molecular formula is C37H47ClN4O7S. The van der Waals surface area contributed by atoms with Crippen molar-refractivity contribution < 1.29 is 32.2 Å². The van der Waals surface area contributed by atoms with E-state index in [4.69, 9.17) is 25.8 Å². The van der Waals surface area contributed by atoms with Crippen molar-refractivity contribution in [3.8, 4) is 5.75 Å². The molecule has 2 aromatic carbocycles. The van der Waals surface area contributed by atoms with Gasteiger partial charge in [0.2, 0.25) is 0 Å². The standard InChI is InChI=1S/C37H47ClN4O7S/c1-36(2)34(43)40-50(45,46)28-10-13-33-31(19-28)42(22-37(23-47-33)15-4-6-24-18-26(38)9-12-30(24)37)20-25-8-11-29(25)32(7-5-17-48-36)49-35(44)39-27-14-16-41(3)21-27/h5,7,9-10,12-13,18-19,25,27,29,32H,4,6,8,11,14-17,20-23H2,1-3H3,(H,39,44)(H,40,43)/b7-5-/t25-,27+,29+,32-,37-/m0/s1. The van der Waals surface area contributed by atoms with Crippen LogP contribution in [0.2, 0.25) is 5.02 Å². The predicted molar refractivity (Wildman–Crippen MR) is 190 cm³/mol. The van der Waals surface area contributed by atoms with Crippen molar-refractivity contribution in [2.75, 3.05) is 51.3 Å². The lowest BCUT2D eigenvalue weighted by molar-refractivity contribution is -0.139. The molecule has 1 saturated carbocycles. The highest BCUT2D eigenvalue weighted by Gasteiger charge is 2.45. The molecule has 5 aliphatic rings. The Balaban J connectivity index is 1.25. The fraction of sp³-hybridized carbons (Fsp3) is 0.568. The molecule has 2 bridgehead atoms. The van der Waals surface area contributed by atoms with Crippen LogP contribution in [0.25, 0.3) is 0 Å². The van der Waals surface area contributed by atoms with E-state index < -0.39 is 33.7 Å². The normalized spacial score (nSPS) is 31.2. The van der Waals surface area contributed by atoms with Crippen molar-refractivity contribution in [1.29, 1.82) is 0 Å². The topological polar surface area (TPSA) is 127 Å². The van der Waals surface area contributed by atoms with Gasteiger partial charge in [0.1, 0.15) is 17.5 Å². The number of amides is 2. The van der Waals surface area contributed by atoms with E-state index in [0.29, 0.717) is 36.2 Å². The molecule has 2 aromatic rings. The summed E-state index contributed by atoms with van der Waals surface area (Å²) < 4.78 is 48.1. The minimum Gasteiger partial charge on any atom is -0.490 e. The van der Waals surface area contributed by atoms with Crippen LogP contribution in [0.15, 0.2) is 53.4 Å². The highest BCUT2D eigenvalue weighted by atomic mass is 35.5. The summed E-state index contributed by atoms with van der Waals surface area (Å²) in [5.74, 6) is -0.0234. The van der Waals surface area contributed by atoms with Gasteiger partial charge in [-0.2, -0.15) is 0 Å². The summed E-state index contributed by atoms with van der Waals surface area (Å²) in [5, 5.41) is 3.75. The van der Waals surface area contributed by atoms with Crippen LogP contribution in [-0.4, -0.2) is 89.5 Å². The van der Waals surface area contributed by atoms with Gasteiger partial charge < -0.3 is 29.3 Å². The zero-order valence-corrected chi connectivity index (χ0v) is 30.5. The number of aryl methyl sites for hydroxylation is 1. The number of carbonyl (C=O) groups is 2. The molecule has 3 heterocycles. The van der Waals surface area contributed by atoms with Crippen molar-refractivity contribution in [2.45, 2.75) is 80.4 Å². The van der Waals surface area contributed by atoms with E-state index in [9.17, 15) is 18.0 Å². The second-order valence-electron chi connectivity index (χ2n) is 15.2. The third-order valence-electron chi connectivity index (χ3n) is 11.3. The smallest absolute Gasteiger partial charge is 0.407 e. The van der Waals surface area contributed by atoms with Crippen LogP contribution >= 0.6 is 11.6 Å². The Hall–Kier alpha value is -3.32. The van der Waals surface area contributed by atoms with E-state index in [0.717, 1.165) is 51.6 Å². The summed E-state index contributed by atoms with van der Waals surface area (Å²) in [4.78, 5) is 30.9. The molecule has 2 N–H and O–H groups in total. The number of hydrogen-bond donors (Lipinski definition) is 2. The molecule has 2 fully saturated rings. The summed E-state index contributed by atoms with van der Waals surface area (Å²) in [6.45, 7) is 6.41. The monoisotopic (exact) mass is 726 g/mol. The molecule has 0 radical (unpaired) electrons. The van der Waals surface area contributed by atoms with Crippen molar-refractivity contribution in [2.24, 2.45) is 11.8 Å². The van der Waals surface area contributed by atoms with Crippen molar-refractivity contribution >= 4 is 39.3 Å². The van der Waals surface area contributed by atoms with Gasteiger partial charge in [-0.1, -0.05) is 23.7 Å². The molecule has 3 aliphatic heterocycles. The number of ether oxygens (including phenoxy) is 3. The highest BCUT2D eigenvalue weighted by molar-refractivity contribution is 7.90. The lowest BCUT2D eigenvalue weighted by Crippen LogP contribution is -2.50. The number of hydrogen-bond acceptors (Lipinski definition) is 9. The van der Waals surface area contributed by atoms with Crippen LogP contribution in [0.5, 0.6) is 5.75 Å². The predicted octanol–water partition coefficient (Wildman–Crippen LogP) is 4.81. The van der Waals surface area contributed by atoms with E-state index in [1.54, 1.807) is 18.2 Å². The molecule has 5 atom stereocenters. The van der Waals surface area contributed by atoms with E-state index in [2.05, 4.69) is 25.9 Å². The Kier molecular flexibility index (Phi) is 9.59. The van der Waals surface area contributed by atoms with E-state index >= 15 is 0 Å². The zero-order chi connectivity index (χ0) is 35.3. The first-order valence-electron chi connectivity index (χ1n) is 17.7. The molecule has 0 aromatic heterocycles. The number of likely N-dealkylation sites (tertiary alicyclic amines) is 1. The molecule has 13 heteroatoms. The van der Waals surface area contributed by atoms with Crippen LogP contribution in [-0.2, 0) is 36.1 Å². The first kappa shape index (κ1) is 35.1. The lowest BCUT2D eigenvalue weighted by atomic mass is 9.68. The number of likely N-dealkylation sites (N-methyl/N-ethyl adjacent to an activating group) is 1. The largest absolute Gasteiger partial charge is 0.490 e. The highest BCUT2D eigenvalue weighted by Crippen LogP contribution is 2.47. The molecule has 2 amide bonds. The Labute approximate surface area is 299 Å². The first-order chi connectivity index (χ1) is 23.8. The molecular weight excluding hydrogens is 680 g/mol. The van der Waals surface area contributed by atoms with Crippen LogP contribution in [0.4, 0.5) is 10.5 Å². The van der Waals surface area contributed by atoms with Crippen LogP contribution in [0.1, 0.15) is 57.1 Å². The second kappa shape index (κ2) is 13.7. The Morgan fingerprint density at radius 1 is 1.12 bits per heavy atom. The second-order valence-corrected chi connectivity index (χ2v) is 17.3. The van der Waals surface area contributed by atoms with Gasteiger partial charge in [-0.15, -0.1) is 0 Å². The molecule has 50 heavy (non-hydrogen) atoms. The van der Waals surface area contributed by atoms with Crippen LogP contribution < -0.4 is 19.7 Å². The quantitative estimate of drug-likeness (QED) is 0.420. The van der Waals surface area contributed by atoms with Gasteiger partial charge in [-0.25, -0.2) is 17.9 Å².